The van der Waals surface area contributed by atoms with Gasteiger partial charge in [0.1, 0.15) is 0 Å². The monoisotopic (exact) mass is 271 g/mol. The van der Waals surface area contributed by atoms with Crippen LogP contribution in [0.4, 0.5) is 0 Å². The Morgan fingerprint density at radius 1 is 1.15 bits per heavy atom. The van der Waals surface area contributed by atoms with Crippen LogP contribution in [0.5, 0.6) is 0 Å². The normalized spacial score (nSPS) is 10.7. The fourth-order valence-corrected chi connectivity index (χ4v) is 2.26. The number of rotatable bonds is 7. The maximum absolute atomic E-state index is 11.2. The van der Waals surface area contributed by atoms with E-state index in [0.717, 1.165) is 19.5 Å². The van der Waals surface area contributed by atoms with Gasteiger partial charge in [-0.3, -0.25) is 4.79 Å². The molecule has 0 aromatic heterocycles. The van der Waals surface area contributed by atoms with Gasteiger partial charge in [-0.2, -0.15) is 0 Å². The highest BCUT2D eigenvalue weighted by Gasteiger charge is 2.02. The second kappa shape index (κ2) is 7.65. The van der Waals surface area contributed by atoms with Gasteiger partial charge < -0.3 is 10.1 Å². The van der Waals surface area contributed by atoms with Crippen molar-refractivity contribution < 1.29 is 9.53 Å². The van der Waals surface area contributed by atoms with Gasteiger partial charge in [0, 0.05) is 13.0 Å². The first-order valence-electron chi connectivity index (χ1n) is 7.14. The zero-order chi connectivity index (χ0) is 14.2. The topological polar surface area (TPSA) is 38.3 Å². The minimum Gasteiger partial charge on any atom is -0.466 e. The molecule has 2 rings (SSSR count). The molecule has 0 saturated carbocycles. The molecule has 3 nitrogen and oxygen atoms in total. The lowest BCUT2D eigenvalue weighted by Crippen LogP contribution is -2.16. The summed E-state index contributed by atoms with van der Waals surface area (Å²) in [5.41, 5.74) is 1.29. The van der Waals surface area contributed by atoms with Crippen molar-refractivity contribution >= 4 is 16.7 Å². The number of nitrogens with one attached hydrogen (secondary N) is 1. The highest BCUT2D eigenvalue weighted by atomic mass is 16.5. The van der Waals surface area contributed by atoms with E-state index in [4.69, 9.17) is 4.74 Å². The van der Waals surface area contributed by atoms with E-state index in [1.807, 2.05) is 6.92 Å². The first-order valence-corrected chi connectivity index (χ1v) is 7.14. The third kappa shape index (κ3) is 4.07. The van der Waals surface area contributed by atoms with Crippen molar-refractivity contribution in [2.45, 2.75) is 26.3 Å². The van der Waals surface area contributed by atoms with Crippen molar-refractivity contribution in [2.24, 2.45) is 0 Å². The second-order valence-electron chi connectivity index (χ2n) is 4.72. The minimum absolute atomic E-state index is 0.112. The Kier molecular flexibility index (Phi) is 5.56. The molecule has 20 heavy (non-hydrogen) atoms. The molecule has 0 fully saturated rings. The van der Waals surface area contributed by atoms with Crippen molar-refractivity contribution in [2.75, 3.05) is 13.2 Å². The van der Waals surface area contributed by atoms with E-state index < -0.39 is 0 Å². The molecule has 2 aromatic carbocycles. The van der Waals surface area contributed by atoms with Gasteiger partial charge in [-0.05, 0) is 36.2 Å². The van der Waals surface area contributed by atoms with E-state index >= 15 is 0 Å². The predicted molar refractivity (Wildman–Crippen MR) is 81.5 cm³/mol. The number of ether oxygens (including phenoxy) is 1. The first kappa shape index (κ1) is 14.5. The number of carbonyl (C=O) groups is 1. The zero-order valence-corrected chi connectivity index (χ0v) is 11.9. The van der Waals surface area contributed by atoms with Gasteiger partial charge in [-0.15, -0.1) is 0 Å². The summed E-state index contributed by atoms with van der Waals surface area (Å²) in [4.78, 5) is 11.2. The van der Waals surface area contributed by atoms with Crippen LogP contribution in [0.3, 0.4) is 0 Å². The standard InChI is InChI=1S/C17H21NO2/c1-2-20-17(19)11-6-12-18-13-15-9-5-8-14-7-3-4-10-16(14)15/h3-5,7-10,18H,2,6,11-13H2,1H3. The van der Waals surface area contributed by atoms with Gasteiger partial charge in [0.2, 0.25) is 0 Å². The van der Waals surface area contributed by atoms with Crippen LogP contribution in [-0.4, -0.2) is 19.1 Å². The zero-order valence-electron chi connectivity index (χ0n) is 11.9. The maximum Gasteiger partial charge on any atom is 0.305 e. The lowest BCUT2D eigenvalue weighted by atomic mass is 10.0. The molecule has 0 aliphatic rings. The third-order valence-corrected chi connectivity index (χ3v) is 3.24. The molecule has 1 N–H and O–H groups in total. The van der Waals surface area contributed by atoms with Crippen LogP contribution in [0.25, 0.3) is 10.8 Å². The molecule has 106 valence electrons. The quantitative estimate of drug-likeness (QED) is 0.620. The number of hydrogen-bond acceptors (Lipinski definition) is 3. The second-order valence-corrected chi connectivity index (χ2v) is 4.72. The van der Waals surface area contributed by atoms with Gasteiger partial charge in [-0.1, -0.05) is 42.5 Å². The van der Waals surface area contributed by atoms with Crippen molar-refractivity contribution in [1.82, 2.24) is 5.32 Å². The Morgan fingerprint density at radius 2 is 1.95 bits per heavy atom. The molecule has 3 heteroatoms. The summed E-state index contributed by atoms with van der Waals surface area (Å²) in [6.45, 7) is 3.94. The molecule has 2 aromatic rings. The number of benzene rings is 2. The van der Waals surface area contributed by atoms with Crippen LogP contribution in [0.15, 0.2) is 42.5 Å². The van der Waals surface area contributed by atoms with Gasteiger partial charge in [0.15, 0.2) is 0 Å². The Morgan fingerprint density at radius 3 is 2.80 bits per heavy atom. The number of fused-ring (bicyclic) bond motifs is 1. The first-order chi connectivity index (χ1) is 9.81. The van der Waals surface area contributed by atoms with Gasteiger partial charge in [0.25, 0.3) is 0 Å². The van der Waals surface area contributed by atoms with Crippen molar-refractivity contribution in [3.8, 4) is 0 Å². The molecule has 0 saturated heterocycles. The van der Waals surface area contributed by atoms with Crippen LogP contribution in [0, 0.1) is 0 Å². The summed E-state index contributed by atoms with van der Waals surface area (Å²) in [5.74, 6) is -0.112. The SMILES string of the molecule is CCOC(=O)CCCNCc1cccc2ccccc12. The van der Waals surface area contributed by atoms with E-state index in [9.17, 15) is 4.79 Å². The van der Waals surface area contributed by atoms with Crippen LogP contribution >= 0.6 is 0 Å². The molecule has 0 bridgehead atoms. The summed E-state index contributed by atoms with van der Waals surface area (Å²) in [5, 5.41) is 5.93. The van der Waals surface area contributed by atoms with Crippen molar-refractivity contribution in [3.63, 3.8) is 0 Å². The molecule has 0 heterocycles. The van der Waals surface area contributed by atoms with E-state index in [0.29, 0.717) is 13.0 Å². The highest BCUT2D eigenvalue weighted by molar-refractivity contribution is 5.85. The van der Waals surface area contributed by atoms with Crippen LogP contribution in [-0.2, 0) is 16.1 Å². The molecular weight excluding hydrogens is 250 g/mol. The smallest absolute Gasteiger partial charge is 0.305 e. The van der Waals surface area contributed by atoms with Crippen LogP contribution in [0.2, 0.25) is 0 Å². The summed E-state index contributed by atoms with van der Waals surface area (Å²) >= 11 is 0. The van der Waals surface area contributed by atoms with Crippen LogP contribution < -0.4 is 5.32 Å². The highest BCUT2D eigenvalue weighted by Crippen LogP contribution is 2.18. The molecule has 0 aliphatic heterocycles. The minimum atomic E-state index is -0.112. The number of carbonyl (C=O) groups excluding carboxylic acids is 1. The predicted octanol–water partition coefficient (Wildman–Crippen LogP) is 3.27. The molecule has 0 atom stereocenters. The molecular formula is C17H21NO2. The third-order valence-electron chi connectivity index (χ3n) is 3.24. The van der Waals surface area contributed by atoms with Gasteiger partial charge in [0.05, 0.1) is 6.61 Å². The summed E-state index contributed by atoms with van der Waals surface area (Å²) < 4.78 is 4.90. The maximum atomic E-state index is 11.2. The molecule has 0 radical (unpaired) electrons. The fourth-order valence-electron chi connectivity index (χ4n) is 2.26. The molecule has 0 spiro atoms. The lowest BCUT2D eigenvalue weighted by Gasteiger charge is -2.08. The summed E-state index contributed by atoms with van der Waals surface area (Å²) in [7, 11) is 0. The van der Waals surface area contributed by atoms with Gasteiger partial charge in [-0.25, -0.2) is 0 Å². The Balaban J connectivity index is 1.80. The van der Waals surface area contributed by atoms with Gasteiger partial charge >= 0.3 is 5.97 Å². The van der Waals surface area contributed by atoms with Crippen LogP contribution in [0.1, 0.15) is 25.3 Å². The van der Waals surface area contributed by atoms with E-state index in [2.05, 4.69) is 47.8 Å². The number of hydrogen-bond donors (Lipinski definition) is 1. The summed E-state index contributed by atoms with van der Waals surface area (Å²) in [6, 6.07) is 14.7. The molecule has 0 unspecified atom stereocenters. The Labute approximate surface area is 119 Å². The number of esters is 1. The van der Waals surface area contributed by atoms with Crippen molar-refractivity contribution in [1.29, 1.82) is 0 Å². The average molecular weight is 271 g/mol. The van der Waals surface area contributed by atoms with Crippen molar-refractivity contribution in [3.05, 3.63) is 48.0 Å². The Hall–Kier alpha value is -1.87. The van der Waals surface area contributed by atoms with E-state index in [-0.39, 0.29) is 5.97 Å². The molecule has 0 aliphatic carbocycles. The van der Waals surface area contributed by atoms with E-state index in [1.54, 1.807) is 0 Å². The Bertz CT molecular complexity index is 560. The van der Waals surface area contributed by atoms with E-state index in [1.165, 1.54) is 16.3 Å². The average Bonchev–Trinajstić information content (AvgIpc) is 2.47. The fraction of sp³-hybridized carbons (Fsp3) is 0.353. The summed E-state index contributed by atoms with van der Waals surface area (Å²) in [6.07, 6.45) is 1.29. The largest absolute Gasteiger partial charge is 0.466 e. The molecule has 0 amide bonds. The lowest BCUT2D eigenvalue weighted by molar-refractivity contribution is -0.143.